The lowest BCUT2D eigenvalue weighted by Gasteiger charge is -2.04. The molecule has 0 bridgehead atoms. The molecule has 6 heteroatoms. The number of amides is 1. The summed E-state index contributed by atoms with van der Waals surface area (Å²) in [6, 6.07) is 7.48. The number of anilines is 1. The molecule has 112 valence electrons. The van der Waals surface area contributed by atoms with Gasteiger partial charge in [-0.3, -0.25) is 9.48 Å². The molecular weight excluding hydrogens is 296 g/mol. The van der Waals surface area contributed by atoms with E-state index in [1.807, 2.05) is 43.6 Å². The van der Waals surface area contributed by atoms with Crippen molar-refractivity contribution in [2.75, 3.05) is 5.32 Å². The minimum Gasteiger partial charge on any atom is -0.319 e. The molecule has 0 saturated carbocycles. The van der Waals surface area contributed by atoms with Gasteiger partial charge in [-0.1, -0.05) is 12.1 Å². The number of hydrogen-bond donors (Lipinski definition) is 1. The summed E-state index contributed by atoms with van der Waals surface area (Å²) in [7, 11) is 0. The molecule has 1 amide bonds. The third kappa shape index (κ3) is 3.07. The van der Waals surface area contributed by atoms with E-state index in [1.165, 1.54) is 0 Å². The molecule has 0 aliphatic rings. The number of hydrogen-bond acceptors (Lipinski definition) is 4. The van der Waals surface area contributed by atoms with Crippen LogP contribution < -0.4 is 5.32 Å². The van der Waals surface area contributed by atoms with Crippen molar-refractivity contribution in [2.45, 2.75) is 20.4 Å². The maximum Gasteiger partial charge on any atom is 0.255 e. The zero-order chi connectivity index (χ0) is 15.5. The Morgan fingerprint density at radius 3 is 2.95 bits per heavy atom. The summed E-state index contributed by atoms with van der Waals surface area (Å²) in [5.74, 6) is -0.149. The quantitative estimate of drug-likeness (QED) is 0.801. The van der Waals surface area contributed by atoms with Crippen LogP contribution in [0.2, 0.25) is 0 Å². The molecule has 0 aliphatic carbocycles. The molecule has 1 aromatic carbocycles. The van der Waals surface area contributed by atoms with Crippen LogP contribution in [0.5, 0.6) is 0 Å². The maximum absolute atomic E-state index is 12.3. The first-order chi connectivity index (χ1) is 10.7. The number of aromatic nitrogens is 3. The Balaban J connectivity index is 1.80. The molecule has 3 rings (SSSR count). The SMILES string of the molecule is CCn1cc(NC(=O)c2cccc(-c3csc(C)n3)c2)cn1. The lowest BCUT2D eigenvalue weighted by molar-refractivity contribution is 0.102. The van der Waals surface area contributed by atoms with Gasteiger partial charge in [-0.25, -0.2) is 4.98 Å². The van der Waals surface area contributed by atoms with E-state index in [0.717, 1.165) is 22.8 Å². The Kier molecular flexibility index (Phi) is 4.02. The van der Waals surface area contributed by atoms with E-state index in [0.29, 0.717) is 11.3 Å². The highest BCUT2D eigenvalue weighted by Gasteiger charge is 2.10. The molecule has 0 atom stereocenters. The Hall–Kier alpha value is -2.47. The number of nitrogens with zero attached hydrogens (tertiary/aromatic N) is 3. The Labute approximate surface area is 132 Å². The third-order valence-electron chi connectivity index (χ3n) is 3.25. The van der Waals surface area contributed by atoms with E-state index in [9.17, 15) is 4.79 Å². The normalized spacial score (nSPS) is 10.6. The molecule has 2 aromatic heterocycles. The minimum absolute atomic E-state index is 0.149. The summed E-state index contributed by atoms with van der Waals surface area (Å²) in [5.41, 5.74) is 3.14. The van der Waals surface area contributed by atoms with Crippen molar-refractivity contribution < 1.29 is 4.79 Å². The summed E-state index contributed by atoms with van der Waals surface area (Å²) in [5, 5.41) is 10.0. The number of thiazole rings is 1. The first kappa shape index (κ1) is 14.5. The summed E-state index contributed by atoms with van der Waals surface area (Å²) < 4.78 is 1.77. The molecule has 0 saturated heterocycles. The number of benzene rings is 1. The van der Waals surface area contributed by atoms with Gasteiger partial charge in [0.1, 0.15) is 0 Å². The molecule has 0 spiro atoms. The predicted molar refractivity (Wildman–Crippen MR) is 88.1 cm³/mol. The van der Waals surface area contributed by atoms with Crippen LogP contribution in [0.1, 0.15) is 22.3 Å². The molecule has 0 radical (unpaired) electrons. The van der Waals surface area contributed by atoms with E-state index < -0.39 is 0 Å². The number of nitrogens with one attached hydrogen (secondary N) is 1. The largest absolute Gasteiger partial charge is 0.319 e. The fourth-order valence-electron chi connectivity index (χ4n) is 2.12. The lowest BCUT2D eigenvalue weighted by Crippen LogP contribution is -2.11. The average Bonchev–Trinajstić information content (AvgIpc) is 3.16. The van der Waals surface area contributed by atoms with Crippen LogP contribution in [0.15, 0.2) is 42.0 Å². The lowest BCUT2D eigenvalue weighted by atomic mass is 10.1. The summed E-state index contributed by atoms with van der Waals surface area (Å²) in [6.07, 6.45) is 3.46. The van der Waals surface area contributed by atoms with Crippen LogP contribution in [0.25, 0.3) is 11.3 Å². The highest BCUT2D eigenvalue weighted by Crippen LogP contribution is 2.22. The third-order valence-corrected chi connectivity index (χ3v) is 4.03. The second-order valence-corrected chi connectivity index (χ2v) is 5.93. The summed E-state index contributed by atoms with van der Waals surface area (Å²) in [4.78, 5) is 16.8. The highest BCUT2D eigenvalue weighted by molar-refractivity contribution is 7.09. The highest BCUT2D eigenvalue weighted by atomic mass is 32.1. The molecule has 1 N–H and O–H groups in total. The van der Waals surface area contributed by atoms with Crippen molar-refractivity contribution in [3.05, 3.63) is 52.6 Å². The predicted octanol–water partition coefficient (Wildman–Crippen LogP) is 3.59. The van der Waals surface area contributed by atoms with Crippen molar-refractivity contribution >= 4 is 22.9 Å². The van der Waals surface area contributed by atoms with Gasteiger partial charge in [-0.05, 0) is 26.0 Å². The van der Waals surface area contributed by atoms with Crippen molar-refractivity contribution in [3.63, 3.8) is 0 Å². The first-order valence-electron chi connectivity index (χ1n) is 7.02. The molecule has 3 aromatic rings. The second-order valence-electron chi connectivity index (χ2n) is 4.87. The van der Waals surface area contributed by atoms with Crippen LogP contribution >= 0.6 is 11.3 Å². The molecular formula is C16H16N4OS. The van der Waals surface area contributed by atoms with Gasteiger partial charge in [0.25, 0.3) is 5.91 Å². The standard InChI is InChI=1S/C16H16N4OS/c1-3-20-9-14(8-17-20)19-16(21)13-6-4-5-12(7-13)15-10-22-11(2)18-15/h4-10H,3H2,1-2H3,(H,19,21). The zero-order valence-electron chi connectivity index (χ0n) is 12.4. The molecule has 0 fully saturated rings. The smallest absolute Gasteiger partial charge is 0.255 e. The maximum atomic E-state index is 12.3. The monoisotopic (exact) mass is 312 g/mol. The van der Waals surface area contributed by atoms with Gasteiger partial charge in [0, 0.05) is 29.2 Å². The van der Waals surface area contributed by atoms with Gasteiger partial charge in [-0.2, -0.15) is 5.10 Å². The van der Waals surface area contributed by atoms with E-state index in [-0.39, 0.29) is 5.91 Å². The van der Waals surface area contributed by atoms with Crippen LogP contribution in [0, 0.1) is 6.92 Å². The summed E-state index contributed by atoms with van der Waals surface area (Å²) in [6.45, 7) is 4.74. The van der Waals surface area contributed by atoms with Crippen LogP contribution in [0.3, 0.4) is 0 Å². The van der Waals surface area contributed by atoms with Crippen molar-refractivity contribution in [1.82, 2.24) is 14.8 Å². The topological polar surface area (TPSA) is 59.8 Å². The van der Waals surface area contributed by atoms with E-state index in [4.69, 9.17) is 0 Å². The van der Waals surface area contributed by atoms with Gasteiger partial charge in [0.2, 0.25) is 0 Å². The fraction of sp³-hybridized carbons (Fsp3) is 0.188. The number of carbonyl (C=O) groups is 1. The first-order valence-corrected chi connectivity index (χ1v) is 7.90. The van der Waals surface area contributed by atoms with Gasteiger partial charge in [-0.15, -0.1) is 11.3 Å². The van der Waals surface area contributed by atoms with E-state index >= 15 is 0 Å². The van der Waals surface area contributed by atoms with E-state index in [1.54, 1.807) is 28.3 Å². The second kappa shape index (κ2) is 6.11. The number of aryl methyl sites for hydroxylation is 2. The van der Waals surface area contributed by atoms with Gasteiger partial charge in [0.05, 0.1) is 22.6 Å². The van der Waals surface area contributed by atoms with Crippen LogP contribution in [-0.2, 0) is 6.54 Å². The van der Waals surface area contributed by atoms with Crippen molar-refractivity contribution in [3.8, 4) is 11.3 Å². The van der Waals surface area contributed by atoms with Crippen LogP contribution in [0.4, 0.5) is 5.69 Å². The van der Waals surface area contributed by atoms with Crippen LogP contribution in [-0.4, -0.2) is 20.7 Å². The Morgan fingerprint density at radius 2 is 2.27 bits per heavy atom. The zero-order valence-corrected chi connectivity index (χ0v) is 13.2. The van der Waals surface area contributed by atoms with Gasteiger partial charge < -0.3 is 5.32 Å². The van der Waals surface area contributed by atoms with Crippen molar-refractivity contribution in [2.24, 2.45) is 0 Å². The molecule has 5 nitrogen and oxygen atoms in total. The number of carbonyl (C=O) groups excluding carboxylic acids is 1. The van der Waals surface area contributed by atoms with Gasteiger partial charge >= 0.3 is 0 Å². The average molecular weight is 312 g/mol. The number of rotatable bonds is 4. The molecule has 0 unspecified atom stereocenters. The fourth-order valence-corrected chi connectivity index (χ4v) is 2.74. The molecule has 2 heterocycles. The Bertz CT molecular complexity index is 806. The van der Waals surface area contributed by atoms with Crippen molar-refractivity contribution in [1.29, 1.82) is 0 Å². The summed E-state index contributed by atoms with van der Waals surface area (Å²) >= 11 is 1.60. The van der Waals surface area contributed by atoms with E-state index in [2.05, 4.69) is 15.4 Å². The van der Waals surface area contributed by atoms with Gasteiger partial charge in [0.15, 0.2) is 0 Å². The minimum atomic E-state index is -0.149. The Morgan fingerprint density at radius 1 is 1.41 bits per heavy atom. The molecule has 22 heavy (non-hydrogen) atoms. The molecule has 0 aliphatic heterocycles.